The van der Waals surface area contributed by atoms with E-state index in [1.165, 1.54) is 12.3 Å². The molecular formula is C17H13N3O4. The third-order valence-corrected chi connectivity index (χ3v) is 3.77. The SMILES string of the molecule is O=C1CCc2cc(NC(=O)c3cc(-c4ccco4)on3)ccc2N1. The molecule has 1 aromatic carbocycles. The zero-order valence-electron chi connectivity index (χ0n) is 12.5. The van der Waals surface area contributed by atoms with Gasteiger partial charge >= 0.3 is 0 Å². The highest BCUT2D eigenvalue weighted by Gasteiger charge is 2.18. The largest absolute Gasteiger partial charge is 0.461 e. The van der Waals surface area contributed by atoms with E-state index in [1.807, 2.05) is 6.07 Å². The molecule has 2 aromatic heterocycles. The Morgan fingerprint density at radius 3 is 2.92 bits per heavy atom. The first kappa shape index (κ1) is 14.3. The van der Waals surface area contributed by atoms with E-state index in [4.69, 9.17) is 8.94 Å². The lowest BCUT2D eigenvalue weighted by Crippen LogP contribution is -2.19. The first-order chi connectivity index (χ1) is 11.7. The maximum atomic E-state index is 12.3. The van der Waals surface area contributed by atoms with Crippen molar-refractivity contribution in [2.45, 2.75) is 12.8 Å². The van der Waals surface area contributed by atoms with Crippen molar-refractivity contribution in [3.05, 3.63) is 53.9 Å². The molecule has 0 saturated carbocycles. The number of benzene rings is 1. The molecule has 2 N–H and O–H groups in total. The lowest BCUT2D eigenvalue weighted by Gasteiger charge is -2.17. The molecule has 3 heterocycles. The van der Waals surface area contributed by atoms with Gasteiger partial charge in [0.15, 0.2) is 11.5 Å². The molecule has 120 valence electrons. The zero-order valence-corrected chi connectivity index (χ0v) is 12.5. The molecule has 7 nitrogen and oxygen atoms in total. The highest BCUT2D eigenvalue weighted by atomic mass is 16.5. The minimum absolute atomic E-state index is 0.00679. The van der Waals surface area contributed by atoms with Gasteiger partial charge in [0.25, 0.3) is 5.91 Å². The van der Waals surface area contributed by atoms with E-state index in [0.29, 0.717) is 30.0 Å². The summed E-state index contributed by atoms with van der Waals surface area (Å²) in [5, 5.41) is 9.34. The van der Waals surface area contributed by atoms with Gasteiger partial charge in [-0.25, -0.2) is 0 Å². The Kier molecular flexibility index (Phi) is 3.38. The van der Waals surface area contributed by atoms with Gasteiger partial charge in [-0.05, 0) is 42.3 Å². The number of aromatic nitrogens is 1. The lowest BCUT2D eigenvalue weighted by atomic mass is 10.0. The van der Waals surface area contributed by atoms with Crippen LogP contribution in [-0.4, -0.2) is 17.0 Å². The highest BCUT2D eigenvalue weighted by molar-refractivity contribution is 6.03. The molecule has 0 fully saturated rings. The number of amides is 2. The molecule has 0 aliphatic carbocycles. The summed E-state index contributed by atoms with van der Waals surface area (Å²) in [6, 6.07) is 10.3. The summed E-state index contributed by atoms with van der Waals surface area (Å²) in [6.07, 6.45) is 2.61. The van der Waals surface area contributed by atoms with Crippen LogP contribution < -0.4 is 10.6 Å². The molecule has 1 aliphatic rings. The molecule has 7 heteroatoms. The second kappa shape index (κ2) is 5.69. The van der Waals surface area contributed by atoms with Crippen molar-refractivity contribution in [1.82, 2.24) is 5.16 Å². The van der Waals surface area contributed by atoms with Crippen molar-refractivity contribution in [3.63, 3.8) is 0 Å². The summed E-state index contributed by atoms with van der Waals surface area (Å²) < 4.78 is 10.3. The van der Waals surface area contributed by atoms with Gasteiger partial charge in [0.2, 0.25) is 11.7 Å². The first-order valence-electron chi connectivity index (χ1n) is 7.44. The van der Waals surface area contributed by atoms with Crippen LogP contribution in [-0.2, 0) is 11.2 Å². The smallest absolute Gasteiger partial charge is 0.277 e. The topological polar surface area (TPSA) is 97.4 Å². The minimum Gasteiger partial charge on any atom is -0.461 e. The maximum absolute atomic E-state index is 12.3. The average Bonchev–Trinajstić information content (AvgIpc) is 3.26. The number of carbonyl (C=O) groups excluding carboxylic acids is 2. The van der Waals surface area contributed by atoms with Gasteiger partial charge in [-0.2, -0.15) is 0 Å². The van der Waals surface area contributed by atoms with Crippen molar-refractivity contribution in [2.24, 2.45) is 0 Å². The number of furan rings is 1. The van der Waals surface area contributed by atoms with Crippen LogP contribution in [0.3, 0.4) is 0 Å². The molecule has 0 atom stereocenters. The third kappa shape index (κ3) is 2.67. The van der Waals surface area contributed by atoms with E-state index >= 15 is 0 Å². The van der Waals surface area contributed by atoms with Gasteiger partial charge in [0.05, 0.1) is 6.26 Å². The summed E-state index contributed by atoms with van der Waals surface area (Å²) in [7, 11) is 0. The van der Waals surface area contributed by atoms with E-state index in [1.54, 1.807) is 24.3 Å². The fourth-order valence-electron chi connectivity index (χ4n) is 2.57. The molecule has 24 heavy (non-hydrogen) atoms. The Morgan fingerprint density at radius 1 is 1.17 bits per heavy atom. The monoisotopic (exact) mass is 323 g/mol. The van der Waals surface area contributed by atoms with Crippen molar-refractivity contribution in [1.29, 1.82) is 0 Å². The number of fused-ring (bicyclic) bond motifs is 1. The summed E-state index contributed by atoms with van der Waals surface area (Å²) in [6.45, 7) is 0. The van der Waals surface area contributed by atoms with E-state index in [2.05, 4.69) is 15.8 Å². The molecule has 2 amide bonds. The van der Waals surface area contributed by atoms with E-state index < -0.39 is 0 Å². The molecule has 0 unspecified atom stereocenters. The lowest BCUT2D eigenvalue weighted by molar-refractivity contribution is -0.116. The summed E-state index contributed by atoms with van der Waals surface area (Å²) in [5.41, 5.74) is 2.57. The van der Waals surface area contributed by atoms with E-state index in [-0.39, 0.29) is 17.5 Å². The summed E-state index contributed by atoms with van der Waals surface area (Å²) in [5.74, 6) is 0.521. The van der Waals surface area contributed by atoms with Crippen molar-refractivity contribution in [3.8, 4) is 11.5 Å². The van der Waals surface area contributed by atoms with Crippen LogP contribution >= 0.6 is 0 Å². The predicted molar refractivity (Wildman–Crippen MR) is 85.6 cm³/mol. The van der Waals surface area contributed by atoms with Gasteiger partial charge in [0, 0.05) is 23.9 Å². The second-order valence-electron chi connectivity index (χ2n) is 5.43. The summed E-state index contributed by atoms with van der Waals surface area (Å²) in [4.78, 5) is 23.6. The number of anilines is 2. The Labute approximate surface area is 136 Å². The van der Waals surface area contributed by atoms with Gasteiger partial charge in [0.1, 0.15) is 0 Å². The van der Waals surface area contributed by atoms with Crippen LogP contribution in [0.15, 0.2) is 51.6 Å². The van der Waals surface area contributed by atoms with Gasteiger partial charge in [-0.15, -0.1) is 0 Å². The molecule has 3 aromatic rings. The molecule has 1 aliphatic heterocycles. The molecule has 0 spiro atoms. The Hall–Kier alpha value is -3.35. The number of aryl methyl sites for hydroxylation is 1. The van der Waals surface area contributed by atoms with Crippen molar-refractivity contribution in [2.75, 3.05) is 10.6 Å². The van der Waals surface area contributed by atoms with Crippen LogP contribution in [0.25, 0.3) is 11.5 Å². The number of hydrogen-bond donors (Lipinski definition) is 2. The third-order valence-electron chi connectivity index (χ3n) is 3.77. The van der Waals surface area contributed by atoms with Crippen LogP contribution in [0.4, 0.5) is 11.4 Å². The van der Waals surface area contributed by atoms with Crippen molar-refractivity contribution >= 4 is 23.2 Å². The standard InChI is InChI=1S/C17H13N3O4/c21-16-6-3-10-8-11(4-5-12(10)19-16)18-17(22)13-9-15(24-20-13)14-2-1-7-23-14/h1-2,4-5,7-9H,3,6H2,(H,18,22)(H,19,21). The fraction of sp³-hybridized carbons (Fsp3) is 0.118. The van der Waals surface area contributed by atoms with Gasteiger partial charge in [-0.3, -0.25) is 9.59 Å². The Bertz CT molecular complexity index is 912. The van der Waals surface area contributed by atoms with Gasteiger partial charge < -0.3 is 19.6 Å². The van der Waals surface area contributed by atoms with Gasteiger partial charge in [-0.1, -0.05) is 5.16 Å². The van der Waals surface area contributed by atoms with Crippen LogP contribution in [0.1, 0.15) is 22.5 Å². The molecule has 0 saturated heterocycles. The number of carbonyl (C=O) groups is 2. The first-order valence-corrected chi connectivity index (χ1v) is 7.44. The molecular weight excluding hydrogens is 310 g/mol. The number of rotatable bonds is 3. The Morgan fingerprint density at radius 2 is 2.08 bits per heavy atom. The van der Waals surface area contributed by atoms with Crippen LogP contribution in [0, 0.1) is 0 Å². The fourth-order valence-corrected chi connectivity index (χ4v) is 2.57. The minimum atomic E-state index is -0.378. The molecule has 0 bridgehead atoms. The average molecular weight is 323 g/mol. The zero-order chi connectivity index (χ0) is 16.5. The van der Waals surface area contributed by atoms with E-state index in [9.17, 15) is 9.59 Å². The highest BCUT2D eigenvalue weighted by Crippen LogP contribution is 2.26. The predicted octanol–water partition coefficient (Wildman–Crippen LogP) is 3.07. The molecule has 4 rings (SSSR count). The van der Waals surface area contributed by atoms with Crippen LogP contribution in [0.5, 0.6) is 0 Å². The van der Waals surface area contributed by atoms with Crippen LogP contribution in [0.2, 0.25) is 0 Å². The van der Waals surface area contributed by atoms with E-state index in [0.717, 1.165) is 11.3 Å². The number of hydrogen-bond acceptors (Lipinski definition) is 5. The quantitative estimate of drug-likeness (QED) is 0.772. The normalized spacial score (nSPS) is 13.2. The van der Waals surface area contributed by atoms with Crippen molar-refractivity contribution < 1.29 is 18.5 Å². The molecule has 0 radical (unpaired) electrons. The maximum Gasteiger partial charge on any atom is 0.277 e. The Balaban J connectivity index is 1.51. The second-order valence-corrected chi connectivity index (χ2v) is 5.43. The number of nitrogens with zero attached hydrogens (tertiary/aromatic N) is 1. The summed E-state index contributed by atoms with van der Waals surface area (Å²) >= 11 is 0. The number of nitrogens with one attached hydrogen (secondary N) is 2.